The van der Waals surface area contributed by atoms with Gasteiger partial charge in [0.05, 0.1) is 52.6 Å². The highest BCUT2D eigenvalue weighted by Crippen LogP contribution is 2.37. The Kier molecular flexibility index (Phi) is 21.7. The lowest BCUT2D eigenvalue weighted by molar-refractivity contribution is -0.868. The quantitative estimate of drug-likeness (QED) is 0.0638. The third-order valence-electron chi connectivity index (χ3n) is 6.57. The molecule has 0 aliphatic carbocycles. The van der Waals surface area contributed by atoms with E-state index >= 15 is 0 Å². The van der Waals surface area contributed by atoms with Crippen molar-refractivity contribution in [2.45, 2.75) is 129 Å². The molecule has 1 unspecified atom stereocenters. The molecule has 0 heterocycles. The number of amides is 1. The molecule has 37 heavy (non-hydrogen) atoms. The van der Waals surface area contributed by atoms with Crippen molar-refractivity contribution in [3.63, 3.8) is 0 Å². The highest BCUT2D eigenvalue weighted by molar-refractivity contribution is 7.51. The van der Waals surface area contributed by atoms with Crippen LogP contribution in [0.1, 0.15) is 117 Å². The van der Waals surface area contributed by atoms with Gasteiger partial charge in [0, 0.05) is 6.42 Å². The van der Waals surface area contributed by atoms with Gasteiger partial charge in [0.2, 0.25) is 5.91 Å². The number of hydrogen-bond donors (Lipinski definition) is 2. The molecule has 1 amide bonds. The Morgan fingerprint density at radius 1 is 0.919 bits per heavy atom. The van der Waals surface area contributed by atoms with Crippen molar-refractivity contribution in [2.75, 3.05) is 40.5 Å². The monoisotopic (exact) mass is 546 g/mol. The lowest BCUT2D eigenvalue weighted by Crippen LogP contribution is -2.46. The van der Waals surface area contributed by atoms with Crippen LogP contribution in [0.15, 0.2) is 12.2 Å². The molecule has 8 heteroatoms. The first-order chi connectivity index (χ1) is 17.5. The Hall–Kier alpha value is -0.720. The topological polar surface area (TPSA) is 98.7 Å². The molecular formula is C29H59N2O5P. The summed E-state index contributed by atoms with van der Waals surface area (Å²) >= 11 is 0. The second-order valence-corrected chi connectivity index (χ2v) is 13.4. The smallest absolute Gasteiger partial charge is 0.220 e. The molecule has 2 N–H and O–H groups in total. The molecule has 0 bridgehead atoms. The highest BCUT2D eigenvalue weighted by atomic mass is 31.2. The number of carbonyl (C=O) groups excluding carboxylic acids is 1. The number of hydrogen-bond acceptors (Lipinski definition) is 5. The van der Waals surface area contributed by atoms with Crippen molar-refractivity contribution in [3.8, 4) is 0 Å². The van der Waals surface area contributed by atoms with E-state index in [2.05, 4.69) is 19.2 Å². The number of unbranched alkanes of at least 4 members (excludes halogenated alkanes) is 13. The van der Waals surface area contributed by atoms with Crippen LogP contribution in [0.4, 0.5) is 0 Å². The zero-order valence-electron chi connectivity index (χ0n) is 24.7. The summed E-state index contributed by atoms with van der Waals surface area (Å²) in [6, 6.07) is -0.797. The van der Waals surface area contributed by atoms with Gasteiger partial charge in [-0.1, -0.05) is 103 Å². The van der Waals surface area contributed by atoms with Gasteiger partial charge in [0.15, 0.2) is 0 Å². The summed E-state index contributed by atoms with van der Waals surface area (Å²) in [6.07, 6.45) is 20.6. The Bertz CT molecular complexity index is 636. The Labute approximate surface area is 228 Å². The van der Waals surface area contributed by atoms with E-state index in [1.807, 2.05) is 27.2 Å². The lowest BCUT2D eigenvalue weighted by atomic mass is 10.0. The lowest BCUT2D eigenvalue weighted by Gasteiger charge is -2.31. The van der Waals surface area contributed by atoms with Gasteiger partial charge in [-0.3, -0.25) is 4.79 Å². The summed E-state index contributed by atoms with van der Waals surface area (Å²) < 4.78 is 18.1. The first-order valence-electron chi connectivity index (χ1n) is 14.9. The van der Waals surface area contributed by atoms with Gasteiger partial charge in [-0.25, -0.2) is 0 Å². The number of quaternary nitrogens is 1. The van der Waals surface area contributed by atoms with E-state index in [4.69, 9.17) is 4.52 Å². The fraction of sp³-hybridized carbons (Fsp3) is 0.897. The van der Waals surface area contributed by atoms with E-state index in [1.165, 1.54) is 64.2 Å². The predicted octanol–water partition coefficient (Wildman–Crippen LogP) is 5.95. The molecule has 0 aromatic rings. The van der Waals surface area contributed by atoms with E-state index in [0.29, 0.717) is 17.4 Å². The molecule has 0 aromatic heterocycles. The largest absolute Gasteiger partial charge is 0.778 e. The average molecular weight is 547 g/mol. The van der Waals surface area contributed by atoms with Gasteiger partial charge in [0.25, 0.3) is 0 Å². The van der Waals surface area contributed by atoms with Crippen LogP contribution in [0, 0.1) is 0 Å². The molecule has 3 atom stereocenters. The van der Waals surface area contributed by atoms with Crippen molar-refractivity contribution in [1.82, 2.24) is 5.32 Å². The Morgan fingerprint density at radius 2 is 1.43 bits per heavy atom. The minimum Gasteiger partial charge on any atom is -0.778 e. The SMILES string of the molecule is CCCCCCCCCCCCC/C=C/[C@@H](O)[C@H](COP(=O)([O-])CC[N+](C)(C)C)NC(=O)CCCCC. The van der Waals surface area contributed by atoms with Crippen molar-refractivity contribution in [3.05, 3.63) is 12.2 Å². The molecule has 0 rings (SSSR count). The summed E-state index contributed by atoms with van der Waals surface area (Å²) in [7, 11) is 1.70. The van der Waals surface area contributed by atoms with E-state index in [1.54, 1.807) is 6.08 Å². The Morgan fingerprint density at radius 3 is 1.97 bits per heavy atom. The van der Waals surface area contributed by atoms with Crippen LogP contribution in [0.3, 0.4) is 0 Å². The minimum atomic E-state index is -4.06. The van der Waals surface area contributed by atoms with Crippen LogP contribution in [0.25, 0.3) is 0 Å². The molecule has 0 radical (unpaired) electrons. The molecule has 0 fully saturated rings. The van der Waals surface area contributed by atoms with E-state index < -0.39 is 19.7 Å². The highest BCUT2D eigenvalue weighted by Gasteiger charge is 2.23. The molecule has 0 aliphatic rings. The van der Waals surface area contributed by atoms with Crippen LogP contribution in [-0.4, -0.2) is 68.1 Å². The Balaban J connectivity index is 4.48. The molecule has 0 saturated carbocycles. The number of allylic oxidation sites excluding steroid dienone is 1. The second kappa shape index (κ2) is 22.1. The summed E-state index contributed by atoms with van der Waals surface area (Å²) in [6.45, 7) is 4.48. The third-order valence-corrected chi connectivity index (χ3v) is 7.86. The zero-order valence-corrected chi connectivity index (χ0v) is 25.6. The summed E-state index contributed by atoms with van der Waals surface area (Å²) in [5, 5.41) is 13.5. The average Bonchev–Trinajstić information content (AvgIpc) is 2.83. The van der Waals surface area contributed by atoms with Gasteiger partial charge >= 0.3 is 0 Å². The molecule has 7 nitrogen and oxygen atoms in total. The van der Waals surface area contributed by atoms with Crippen molar-refractivity contribution in [1.29, 1.82) is 0 Å². The second-order valence-electron chi connectivity index (χ2n) is 11.5. The first-order valence-corrected chi connectivity index (χ1v) is 16.6. The van der Waals surface area contributed by atoms with Crippen LogP contribution in [-0.2, 0) is 13.9 Å². The normalized spacial score (nSPS) is 15.5. The van der Waals surface area contributed by atoms with Gasteiger partial charge < -0.3 is 28.9 Å². The zero-order chi connectivity index (χ0) is 28.0. The van der Waals surface area contributed by atoms with E-state index in [-0.39, 0.29) is 18.7 Å². The van der Waals surface area contributed by atoms with Crippen molar-refractivity contribution >= 4 is 13.5 Å². The number of aliphatic hydroxyl groups is 1. The van der Waals surface area contributed by atoms with Gasteiger partial charge in [-0.2, -0.15) is 0 Å². The molecular weight excluding hydrogens is 487 g/mol. The van der Waals surface area contributed by atoms with E-state index in [9.17, 15) is 19.4 Å². The maximum Gasteiger partial charge on any atom is 0.220 e. The van der Waals surface area contributed by atoms with Gasteiger partial charge in [0.1, 0.15) is 7.60 Å². The third kappa shape index (κ3) is 24.1. The summed E-state index contributed by atoms with van der Waals surface area (Å²) in [5.41, 5.74) is 0. The maximum absolute atomic E-state index is 12.4. The number of carbonyl (C=O) groups is 1. The molecule has 0 spiro atoms. The molecule has 0 saturated heterocycles. The van der Waals surface area contributed by atoms with Gasteiger partial charge in [-0.15, -0.1) is 0 Å². The van der Waals surface area contributed by atoms with Crippen LogP contribution < -0.4 is 10.2 Å². The fourth-order valence-corrected chi connectivity index (χ4v) is 5.38. The maximum atomic E-state index is 12.4. The number of rotatable bonds is 25. The number of nitrogens with zero attached hydrogens (tertiary/aromatic N) is 1. The molecule has 220 valence electrons. The van der Waals surface area contributed by atoms with Gasteiger partial charge in [-0.05, 0) is 19.3 Å². The number of aliphatic hydroxyl groups excluding tert-OH is 1. The summed E-state index contributed by atoms with van der Waals surface area (Å²) in [4.78, 5) is 24.7. The first kappa shape index (κ1) is 36.3. The van der Waals surface area contributed by atoms with E-state index in [0.717, 1.165) is 32.1 Å². The van der Waals surface area contributed by atoms with Crippen LogP contribution >= 0.6 is 7.60 Å². The van der Waals surface area contributed by atoms with Crippen molar-refractivity contribution in [2.24, 2.45) is 0 Å². The predicted molar refractivity (Wildman–Crippen MR) is 154 cm³/mol. The van der Waals surface area contributed by atoms with Crippen molar-refractivity contribution < 1.29 is 28.4 Å². The van der Waals surface area contributed by atoms with Crippen LogP contribution in [0.5, 0.6) is 0 Å². The fourth-order valence-electron chi connectivity index (χ4n) is 4.02. The minimum absolute atomic E-state index is 0.0849. The molecule has 0 aliphatic heterocycles. The summed E-state index contributed by atoms with van der Waals surface area (Å²) in [5.74, 6) is -0.188. The molecule has 0 aromatic carbocycles. The van der Waals surface area contributed by atoms with Crippen LogP contribution in [0.2, 0.25) is 0 Å². The number of nitrogens with one attached hydrogen (secondary N) is 1. The standard InChI is InChI=1S/C29H59N2O5P/c1-6-8-10-11-12-13-14-15-16-17-18-19-21-22-28(32)27(30-29(33)23-20-9-7-2)26-36-37(34,35)25-24-31(3,4)5/h21-22,27-28,32H,6-20,23-26H2,1-5H3,(H-,30,33,34,35)/b22-21+/t27-,28+/m0/s1.